The van der Waals surface area contributed by atoms with E-state index in [4.69, 9.17) is 9.47 Å². The summed E-state index contributed by atoms with van der Waals surface area (Å²) in [5.41, 5.74) is 2.95. The summed E-state index contributed by atoms with van der Waals surface area (Å²) in [6, 6.07) is 6.77. The Morgan fingerprint density at radius 2 is 1.89 bits per heavy atom. The molecule has 6 nitrogen and oxygen atoms in total. The maximum Gasteiger partial charge on any atom is 0.338 e. The Hall–Kier alpha value is -2.41. The lowest BCUT2D eigenvalue weighted by Crippen LogP contribution is -2.36. The summed E-state index contributed by atoms with van der Waals surface area (Å²) in [7, 11) is 0. The smallest absolute Gasteiger partial charge is 0.338 e. The first-order chi connectivity index (χ1) is 13.2. The number of amides is 1. The molecule has 1 aromatic carbocycles. The van der Waals surface area contributed by atoms with Crippen LogP contribution < -0.4 is 4.74 Å². The van der Waals surface area contributed by atoms with E-state index >= 15 is 0 Å². The van der Waals surface area contributed by atoms with Crippen LogP contribution in [0.15, 0.2) is 35.2 Å². The number of benzene rings is 1. The summed E-state index contributed by atoms with van der Waals surface area (Å²) in [6.45, 7) is 1.62. The molecule has 1 aliphatic rings. The lowest BCUT2D eigenvalue weighted by atomic mass is 10.1. The van der Waals surface area contributed by atoms with Gasteiger partial charge >= 0.3 is 5.97 Å². The van der Waals surface area contributed by atoms with Gasteiger partial charge in [0.1, 0.15) is 12.4 Å². The quantitative estimate of drug-likeness (QED) is 0.706. The predicted molar refractivity (Wildman–Crippen MR) is 103 cm³/mol. The monoisotopic (exact) mass is 388 g/mol. The van der Waals surface area contributed by atoms with Gasteiger partial charge in [-0.15, -0.1) is 11.3 Å². The van der Waals surface area contributed by atoms with E-state index in [1.54, 1.807) is 34.7 Å². The number of likely N-dealkylation sites (tertiary alicyclic amines) is 1. The van der Waals surface area contributed by atoms with Crippen molar-refractivity contribution >= 4 is 23.2 Å². The van der Waals surface area contributed by atoms with Crippen LogP contribution in [0.2, 0.25) is 0 Å². The fourth-order valence-electron chi connectivity index (χ4n) is 2.98. The van der Waals surface area contributed by atoms with Crippen molar-refractivity contribution in [1.82, 2.24) is 9.88 Å². The first-order valence-corrected chi connectivity index (χ1v) is 10.2. The van der Waals surface area contributed by atoms with Gasteiger partial charge in [0.05, 0.1) is 16.8 Å². The van der Waals surface area contributed by atoms with Crippen molar-refractivity contribution in [3.05, 3.63) is 46.4 Å². The summed E-state index contributed by atoms with van der Waals surface area (Å²) in [6.07, 6.45) is 5.56. The van der Waals surface area contributed by atoms with Gasteiger partial charge < -0.3 is 14.4 Å². The minimum absolute atomic E-state index is 0.124. The molecule has 1 aliphatic heterocycles. The molecule has 1 fully saturated rings. The average molecular weight is 388 g/mol. The van der Waals surface area contributed by atoms with Crippen LogP contribution in [0, 0.1) is 0 Å². The third kappa shape index (κ3) is 6.06. The molecular weight excluding hydrogens is 364 g/mol. The molecule has 1 amide bonds. The lowest BCUT2D eigenvalue weighted by molar-refractivity contribution is -0.134. The molecule has 27 heavy (non-hydrogen) atoms. The second-order valence-electron chi connectivity index (χ2n) is 6.52. The molecule has 0 unspecified atom stereocenters. The highest BCUT2D eigenvalue weighted by Gasteiger charge is 2.17. The second-order valence-corrected chi connectivity index (χ2v) is 7.24. The van der Waals surface area contributed by atoms with Gasteiger partial charge in [-0.2, -0.15) is 0 Å². The van der Waals surface area contributed by atoms with Crippen LogP contribution in [0.25, 0.3) is 0 Å². The van der Waals surface area contributed by atoms with E-state index in [2.05, 4.69) is 4.98 Å². The minimum atomic E-state index is -0.519. The molecule has 0 spiro atoms. The molecule has 0 N–H and O–H groups in total. The van der Waals surface area contributed by atoms with Crippen LogP contribution in [-0.4, -0.2) is 41.5 Å². The van der Waals surface area contributed by atoms with Crippen molar-refractivity contribution < 1.29 is 19.1 Å². The summed E-state index contributed by atoms with van der Waals surface area (Å²) >= 11 is 1.51. The van der Waals surface area contributed by atoms with Gasteiger partial charge in [-0.05, 0) is 31.0 Å². The first-order valence-electron chi connectivity index (χ1n) is 9.27. The van der Waals surface area contributed by atoms with Crippen molar-refractivity contribution in [2.75, 3.05) is 19.7 Å². The topological polar surface area (TPSA) is 68.7 Å². The van der Waals surface area contributed by atoms with E-state index < -0.39 is 5.97 Å². The molecule has 1 saturated heterocycles. The number of carbonyl (C=O) groups excluding carboxylic acids is 2. The third-order valence-electron chi connectivity index (χ3n) is 4.48. The number of thiazole rings is 1. The molecule has 0 saturated carbocycles. The highest BCUT2D eigenvalue weighted by atomic mass is 32.1. The van der Waals surface area contributed by atoms with E-state index in [9.17, 15) is 9.59 Å². The van der Waals surface area contributed by atoms with Gasteiger partial charge in [-0.1, -0.05) is 25.3 Å². The number of rotatable bonds is 6. The van der Waals surface area contributed by atoms with Gasteiger partial charge in [0.15, 0.2) is 6.61 Å². The third-order valence-corrected chi connectivity index (χ3v) is 5.11. The van der Waals surface area contributed by atoms with Gasteiger partial charge in [0.25, 0.3) is 5.91 Å². The standard InChI is InChI=1S/C20H24N2O4S/c23-19(22-9-4-2-1-3-5-10-22)13-26-20(24)16-7-6-8-18(11-16)25-12-17-14-27-15-21-17/h6-8,11,14-15H,1-5,9-10,12-13H2. The highest BCUT2D eigenvalue weighted by Crippen LogP contribution is 2.16. The molecular formula is C20H24N2O4S. The number of hydrogen-bond donors (Lipinski definition) is 0. The van der Waals surface area contributed by atoms with Crippen molar-refractivity contribution in [2.45, 2.75) is 38.7 Å². The van der Waals surface area contributed by atoms with Crippen molar-refractivity contribution in [1.29, 1.82) is 0 Å². The van der Waals surface area contributed by atoms with Crippen LogP contribution in [0.1, 0.15) is 48.2 Å². The minimum Gasteiger partial charge on any atom is -0.487 e. The summed E-state index contributed by atoms with van der Waals surface area (Å²) < 4.78 is 10.9. The van der Waals surface area contributed by atoms with Crippen molar-refractivity contribution in [3.8, 4) is 5.75 Å². The molecule has 0 aliphatic carbocycles. The van der Waals surface area contributed by atoms with E-state index in [1.165, 1.54) is 17.8 Å². The molecule has 2 heterocycles. The lowest BCUT2D eigenvalue weighted by Gasteiger charge is -2.24. The zero-order valence-corrected chi connectivity index (χ0v) is 16.1. The van der Waals surface area contributed by atoms with Crippen molar-refractivity contribution in [2.24, 2.45) is 0 Å². The van der Waals surface area contributed by atoms with Crippen LogP contribution >= 0.6 is 11.3 Å². The predicted octanol–water partition coefficient (Wildman–Crippen LogP) is 3.67. The Kier molecular flexibility index (Phi) is 7.21. The van der Waals surface area contributed by atoms with Gasteiger partial charge in [-0.25, -0.2) is 9.78 Å². The zero-order chi connectivity index (χ0) is 18.9. The van der Waals surface area contributed by atoms with Gasteiger partial charge in [0, 0.05) is 18.5 Å². The molecule has 1 aromatic heterocycles. The first kappa shape index (κ1) is 19.4. The fourth-order valence-corrected chi connectivity index (χ4v) is 3.52. The largest absolute Gasteiger partial charge is 0.487 e. The number of nitrogens with zero attached hydrogens (tertiary/aromatic N) is 2. The molecule has 0 bridgehead atoms. The number of ether oxygens (including phenoxy) is 2. The van der Waals surface area contributed by atoms with E-state index in [-0.39, 0.29) is 12.5 Å². The van der Waals surface area contributed by atoms with Crippen molar-refractivity contribution in [3.63, 3.8) is 0 Å². The Morgan fingerprint density at radius 1 is 1.11 bits per heavy atom. The SMILES string of the molecule is O=C(OCC(=O)N1CCCCCCC1)c1cccc(OCc2cscn2)c1. The molecule has 7 heteroatoms. The molecule has 3 rings (SSSR count). The second kappa shape index (κ2) is 10.1. The number of esters is 1. The highest BCUT2D eigenvalue weighted by molar-refractivity contribution is 7.07. The fraction of sp³-hybridized carbons (Fsp3) is 0.450. The van der Waals surface area contributed by atoms with Crippen LogP contribution in [0.4, 0.5) is 0 Å². The molecule has 144 valence electrons. The van der Waals surface area contributed by atoms with E-state index in [1.807, 2.05) is 5.38 Å². The van der Waals surface area contributed by atoms with Gasteiger partial charge in [0.2, 0.25) is 0 Å². The average Bonchev–Trinajstić information content (AvgIpc) is 3.18. The maximum atomic E-state index is 12.3. The van der Waals surface area contributed by atoms with Crippen LogP contribution in [-0.2, 0) is 16.1 Å². The molecule has 2 aromatic rings. The van der Waals surface area contributed by atoms with Crippen LogP contribution in [0.5, 0.6) is 5.75 Å². The Morgan fingerprint density at radius 3 is 2.63 bits per heavy atom. The van der Waals surface area contributed by atoms with E-state index in [0.29, 0.717) is 17.9 Å². The number of hydrogen-bond acceptors (Lipinski definition) is 6. The summed E-state index contributed by atoms with van der Waals surface area (Å²) in [5, 5.41) is 1.91. The maximum absolute atomic E-state index is 12.3. The Bertz CT molecular complexity index is 740. The van der Waals surface area contributed by atoms with E-state index in [0.717, 1.165) is 44.5 Å². The molecule has 0 radical (unpaired) electrons. The normalized spacial score (nSPS) is 14.9. The summed E-state index contributed by atoms with van der Waals surface area (Å²) in [5.74, 6) is -0.0803. The van der Waals surface area contributed by atoms with Crippen LogP contribution in [0.3, 0.4) is 0 Å². The zero-order valence-electron chi connectivity index (χ0n) is 15.3. The Labute approximate surface area is 163 Å². The number of carbonyl (C=O) groups is 2. The molecule has 0 atom stereocenters. The number of aromatic nitrogens is 1. The van der Waals surface area contributed by atoms with Gasteiger partial charge in [-0.3, -0.25) is 4.79 Å². The summed E-state index contributed by atoms with van der Waals surface area (Å²) in [4.78, 5) is 30.6. The Balaban J connectivity index is 1.49.